The Morgan fingerprint density at radius 3 is 2.48 bits per heavy atom. The Balaban J connectivity index is 1.54. The minimum Gasteiger partial charge on any atom is -0.337 e. The Labute approximate surface area is 142 Å². The van der Waals surface area contributed by atoms with Crippen molar-refractivity contribution < 1.29 is 4.79 Å². The summed E-state index contributed by atoms with van der Waals surface area (Å²) < 4.78 is 0. The summed E-state index contributed by atoms with van der Waals surface area (Å²) in [4.78, 5) is 12.1. The maximum atomic E-state index is 12.1. The molecule has 0 atom stereocenters. The zero-order chi connectivity index (χ0) is 16.3. The number of rotatable bonds is 5. The summed E-state index contributed by atoms with van der Waals surface area (Å²) in [6.45, 7) is 3.24. The third-order valence-corrected chi connectivity index (χ3v) is 4.92. The molecule has 2 aromatic carbocycles. The molecule has 4 heteroatoms. The van der Waals surface area contributed by atoms with Gasteiger partial charge in [0.15, 0.2) is 0 Å². The number of hydrogen-bond acceptors (Lipinski definition) is 1. The number of amides is 2. The van der Waals surface area contributed by atoms with E-state index in [1.807, 2.05) is 24.3 Å². The molecule has 0 heterocycles. The Kier molecular flexibility index (Phi) is 4.58. The molecule has 0 radical (unpaired) electrons. The molecule has 3 nitrogen and oxygen atoms in total. The quantitative estimate of drug-likeness (QED) is 0.849. The van der Waals surface area contributed by atoms with E-state index >= 15 is 0 Å². The van der Waals surface area contributed by atoms with Crippen LogP contribution in [0.25, 0.3) is 0 Å². The monoisotopic (exact) mass is 328 g/mol. The van der Waals surface area contributed by atoms with Crippen LogP contribution in [0.3, 0.4) is 0 Å². The third kappa shape index (κ3) is 3.67. The summed E-state index contributed by atoms with van der Waals surface area (Å²) in [5.74, 6) is 0. The Morgan fingerprint density at radius 2 is 1.78 bits per heavy atom. The van der Waals surface area contributed by atoms with E-state index < -0.39 is 0 Å². The molecule has 1 aliphatic carbocycles. The smallest absolute Gasteiger partial charge is 0.315 e. The summed E-state index contributed by atoms with van der Waals surface area (Å²) in [6.07, 6.45) is 2.26. The fraction of sp³-hybridized carbons (Fsp3) is 0.316. The van der Waals surface area contributed by atoms with Crippen LogP contribution in [0.15, 0.2) is 48.5 Å². The van der Waals surface area contributed by atoms with Gasteiger partial charge in [-0.05, 0) is 42.5 Å². The highest BCUT2D eigenvalue weighted by molar-refractivity contribution is 6.31. The van der Waals surface area contributed by atoms with Crippen molar-refractivity contribution in [2.75, 3.05) is 6.54 Å². The van der Waals surface area contributed by atoms with Gasteiger partial charge in [0.2, 0.25) is 0 Å². The second-order valence-electron chi connectivity index (χ2n) is 6.22. The van der Waals surface area contributed by atoms with Gasteiger partial charge in [-0.3, -0.25) is 0 Å². The maximum absolute atomic E-state index is 12.1. The standard InChI is InChI=1S/C19H21ClN2O/c1-14-6-2-4-8-16(14)19(10-11-19)13-22-18(23)21-12-15-7-3-5-9-17(15)20/h2-9H,10-13H2,1H3,(H2,21,22,23). The van der Waals surface area contributed by atoms with Crippen molar-refractivity contribution in [2.45, 2.75) is 31.7 Å². The van der Waals surface area contributed by atoms with Gasteiger partial charge in [-0.2, -0.15) is 0 Å². The van der Waals surface area contributed by atoms with Gasteiger partial charge in [0.1, 0.15) is 0 Å². The first-order chi connectivity index (χ1) is 11.1. The fourth-order valence-electron chi connectivity index (χ4n) is 2.99. The van der Waals surface area contributed by atoms with E-state index in [9.17, 15) is 4.79 Å². The van der Waals surface area contributed by atoms with Crippen molar-refractivity contribution in [3.8, 4) is 0 Å². The molecule has 2 amide bonds. The van der Waals surface area contributed by atoms with Gasteiger partial charge in [-0.1, -0.05) is 54.1 Å². The highest BCUT2D eigenvalue weighted by Gasteiger charge is 2.45. The molecule has 0 aliphatic heterocycles. The van der Waals surface area contributed by atoms with Gasteiger partial charge < -0.3 is 10.6 Å². The number of aryl methyl sites for hydroxylation is 1. The van der Waals surface area contributed by atoms with E-state index in [2.05, 4.69) is 41.8 Å². The maximum Gasteiger partial charge on any atom is 0.315 e. The van der Waals surface area contributed by atoms with E-state index in [0.717, 1.165) is 18.4 Å². The van der Waals surface area contributed by atoms with Gasteiger partial charge >= 0.3 is 6.03 Å². The van der Waals surface area contributed by atoms with Gasteiger partial charge in [-0.25, -0.2) is 4.79 Å². The van der Waals surface area contributed by atoms with E-state index in [-0.39, 0.29) is 11.4 Å². The van der Waals surface area contributed by atoms with Crippen LogP contribution in [-0.2, 0) is 12.0 Å². The molecule has 0 saturated heterocycles. The predicted octanol–water partition coefficient (Wildman–Crippen LogP) is 4.18. The number of carbonyl (C=O) groups excluding carboxylic acids is 1. The minimum absolute atomic E-state index is 0.118. The summed E-state index contributed by atoms with van der Waals surface area (Å²) in [5, 5.41) is 6.55. The summed E-state index contributed by atoms with van der Waals surface area (Å²) in [7, 11) is 0. The first kappa shape index (κ1) is 15.9. The molecular weight excluding hydrogens is 308 g/mol. The lowest BCUT2D eigenvalue weighted by molar-refractivity contribution is 0.239. The van der Waals surface area contributed by atoms with Crippen molar-refractivity contribution in [3.63, 3.8) is 0 Å². The molecule has 0 spiro atoms. The number of carbonyl (C=O) groups is 1. The normalized spacial score (nSPS) is 15.0. The van der Waals surface area contributed by atoms with Crippen molar-refractivity contribution >= 4 is 17.6 Å². The number of halogens is 1. The van der Waals surface area contributed by atoms with Crippen molar-refractivity contribution in [1.29, 1.82) is 0 Å². The van der Waals surface area contributed by atoms with Gasteiger partial charge in [0.25, 0.3) is 0 Å². The fourth-order valence-corrected chi connectivity index (χ4v) is 3.19. The molecule has 3 rings (SSSR count). The van der Waals surface area contributed by atoms with Gasteiger partial charge in [0, 0.05) is 23.5 Å². The van der Waals surface area contributed by atoms with Crippen LogP contribution in [0.2, 0.25) is 5.02 Å². The lowest BCUT2D eigenvalue weighted by Gasteiger charge is -2.19. The number of hydrogen-bond donors (Lipinski definition) is 2. The highest BCUT2D eigenvalue weighted by atomic mass is 35.5. The summed E-state index contributed by atoms with van der Waals surface area (Å²) >= 11 is 6.09. The van der Waals surface area contributed by atoms with Crippen LogP contribution >= 0.6 is 11.6 Å². The largest absolute Gasteiger partial charge is 0.337 e. The Morgan fingerprint density at radius 1 is 1.09 bits per heavy atom. The SMILES string of the molecule is Cc1ccccc1C1(CNC(=O)NCc2ccccc2Cl)CC1. The number of urea groups is 1. The van der Waals surface area contributed by atoms with Crippen molar-refractivity contribution in [1.82, 2.24) is 10.6 Å². The van der Waals surface area contributed by atoms with Gasteiger partial charge in [-0.15, -0.1) is 0 Å². The Hall–Kier alpha value is -2.00. The molecule has 23 heavy (non-hydrogen) atoms. The molecular formula is C19H21ClN2O. The molecule has 1 saturated carbocycles. The van der Waals surface area contributed by atoms with Gasteiger partial charge in [0.05, 0.1) is 0 Å². The average Bonchev–Trinajstić information content (AvgIpc) is 3.34. The summed E-state index contributed by atoms with van der Waals surface area (Å²) in [6, 6.07) is 15.8. The molecule has 1 aliphatic rings. The first-order valence-corrected chi connectivity index (χ1v) is 8.30. The number of benzene rings is 2. The molecule has 0 aromatic heterocycles. The lowest BCUT2D eigenvalue weighted by Crippen LogP contribution is -2.39. The van der Waals surface area contributed by atoms with E-state index in [0.29, 0.717) is 18.1 Å². The van der Waals surface area contributed by atoms with Crippen molar-refractivity contribution in [2.24, 2.45) is 0 Å². The first-order valence-electron chi connectivity index (χ1n) is 7.92. The molecule has 2 N–H and O–H groups in total. The zero-order valence-corrected chi connectivity index (χ0v) is 14.0. The number of nitrogens with one attached hydrogen (secondary N) is 2. The average molecular weight is 329 g/mol. The third-order valence-electron chi connectivity index (χ3n) is 4.55. The van der Waals surface area contributed by atoms with E-state index in [4.69, 9.17) is 11.6 Å². The molecule has 0 unspecified atom stereocenters. The second-order valence-corrected chi connectivity index (χ2v) is 6.63. The minimum atomic E-state index is -0.148. The van der Waals surface area contributed by atoms with Crippen LogP contribution in [-0.4, -0.2) is 12.6 Å². The van der Waals surface area contributed by atoms with Crippen LogP contribution in [0.1, 0.15) is 29.5 Å². The Bertz CT molecular complexity index is 710. The van der Waals surface area contributed by atoms with Crippen LogP contribution in [0.4, 0.5) is 4.79 Å². The van der Waals surface area contributed by atoms with E-state index in [1.54, 1.807) is 0 Å². The lowest BCUT2D eigenvalue weighted by atomic mass is 9.92. The topological polar surface area (TPSA) is 41.1 Å². The highest BCUT2D eigenvalue weighted by Crippen LogP contribution is 2.48. The van der Waals surface area contributed by atoms with Crippen LogP contribution in [0, 0.1) is 6.92 Å². The van der Waals surface area contributed by atoms with Crippen LogP contribution in [0.5, 0.6) is 0 Å². The van der Waals surface area contributed by atoms with Crippen molar-refractivity contribution in [3.05, 3.63) is 70.2 Å². The molecule has 0 bridgehead atoms. The summed E-state index contributed by atoms with van der Waals surface area (Å²) in [5.41, 5.74) is 3.69. The molecule has 120 valence electrons. The van der Waals surface area contributed by atoms with Crippen LogP contribution < -0.4 is 10.6 Å². The zero-order valence-electron chi connectivity index (χ0n) is 13.2. The predicted molar refractivity (Wildman–Crippen MR) is 93.8 cm³/mol. The second kappa shape index (κ2) is 6.63. The molecule has 1 fully saturated rings. The molecule has 2 aromatic rings. The van der Waals surface area contributed by atoms with E-state index in [1.165, 1.54) is 11.1 Å².